The summed E-state index contributed by atoms with van der Waals surface area (Å²) in [6.45, 7) is 2.37. The fraction of sp³-hybridized carbons (Fsp3) is 0.500. The van der Waals surface area contributed by atoms with Gasteiger partial charge in [-0.25, -0.2) is 9.89 Å². The number of oxime groups is 1. The third-order valence-electron chi connectivity index (χ3n) is 1.52. The summed E-state index contributed by atoms with van der Waals surface area (Å²) in [6, 6.07) is 0. The van der Waals surface area contributed by atoms with Crippen LogP contribution in [-0.4, -0.2) is 31.6 Å². The Morgan fingerprint density at radius 3 is 3.14 bits per heavy atom. The van der Waals surface area contributed by atoms with Gasteiger partial charge in [-0.2, -0.15) is 0 Å². The monoisotopic (exact) mass is 217 g/mol. The first-order valence-electron chi connectivity index (χ1n) is 3.93. The van der Waals surface area contributed by atoms with Gasteiger partial charge in [0.05, 0.1) is 5.75 Å². The number of nitrogens with one attached hydrogen (secondary N) is 1. The summed E-state index contributed by atoms with van der Waals surface area (Å²) < 4.78 is 1.47. The van der Waals surface area contributed by atoms with E-state index in [2.05, 4.69) is 15.4 Å². The van der Waals surface area contributed by atoms with E-state index >= 15 is 0 Å². The molecule has 0 bridgehead atoms. The van der Waals surface area contributed by atoms with Crippen LogP contribution in [0, 0.1) is 0 Å². The molecule has 1 aromatic rings. The van der Waals surface area contributed by atoms with Gasteiger partial charge in [-0.05, 0) is 6.92 Å². The van der Waals surface area contributed by atoms with E-state index in [-0.39, 0.29) is 11.5 Å². The second-order valence-corrected chi connectivity index (χ2v) is 3.38. The van der Waals surface area contributed by atoms with E-state index in [1.807, 2.05) is 6.92 Å². The van der Waals surface area contributed by atoms with Gasteiger partial charge in [-0.1, -0.05) is 16.9 Å². The zero-order chi connectivity index (χ0) is 10.6. The van der Waals surface area contributed by atoms with Crippen LogP contribution >= 0.6 is 11.8 Å². The van der Waals surface area contributed by atoms with Crippen LogP contribution in [0.1, 0.15) is 6.92 Å². The number of amidine groups is 1. The highest BCUT2D eigenvalue weighted by Crippen LogP contribution is 2.11. The lowest BCUT2D eigenvalue weighted by molar-refractivity contribution is 0.318. The van der Waals surface area contributed by atoms with Crippen molar-refractivity contribution in [1.82, 2.24) is 14.8 Å². The maximum Gasteiger partial charge on any atom is 0.343 e. The number of H-pyrrole nitrogens is 1. The van der Waals surface area contributed by atoms with Crippen molar-refractivity contribution >= 4 is 17.6 Å². The fourth-order valence-electron chi connectivity index (χ4n) is 0.860. The van der Waals surface area contributed by atoms with Gasteiger partial charge in [0.15, 0.2) is 5.16 Å². The van der Waals surface area contributed by atoms with E-state index < -0.39 is 0 Å². The number of nitrogens with two attached hydrogens (primary N) is 1. The molecule has 0 radical (unpaired) electrons. The maximum absolute atomic E-state index is 11.1. The van der Waals surface area contributed by atoms with Crippen molar-refractivity contribution in [2.24, 2.45) is 10.9 Å². The SMILES string of the molecule is CCn1c(SCC(N)=NO)n[nH]c1=O. The summed E-state index contributed by atoms with van der Waals surface area (Å²) in [4.78, 5) is 11.1. The minimum atomic E-state index is -0.255. The third-order valence-corrected chi connectivity index (χ3v) is 2.53. The quantitative estimate of drug-likeness (QED) is 0.206. The number of hydrogen-bond donors (Lipinski definition) is 3. The second kappa shape index (κ2) is 4.70. The standard InChI is InChI=1S/C6H11N5O2S/c1-2-11-5(12)8-9-6(11)14-3-4(7)10-13/h13H,2-3H2,1H3,(H2,7,10)(H,8,12). The molecule has 0 aliphatic rings. The van der Waals surface area contributed by atoms with Gasteiger partial charge in [0, 0.05) is 6.54 Å². The van der Waals surface area contributed by atoms with Crippen LogP contribution in [0.15, 0.2) is 15.1 Å². The van der Waals surface area contributed by atoms with Gasteiger partial charge in [0.25, 0.3) is 0 Å². The molecule has 0 saturated heterocycles. The van der Waals surface area contributed by atoms with Gasteiger partial charge < -0.3 is 10.9 Å². The van der Waals surface area contributed by atoms with Gasteiger partial charge in [0.1, 0.15) is 5.84 Å². The summed E-state index contributed by atoms with van der Waals surface area (Å²) in [7, 11) is 0. The normalized spacial score (nSPS) is 11.9. The van der Waals surface area contributed by atoms with E-state index in [9.17, 15) is 4.79 Å². The highest BCUT2D eigenvalue weighted by molar-refractivity contribution is 7.99. The second-order valence-electron chi connectivity index (χ2n) is 2.44. The first-order chi connectivity index (χ1) is 6.69. The average molecular weight is 217 g/mol. The summed E-state index contributed by atoms with van der Waals surface area (Å²) in [6.07, 6.45) is 0. The third kappa shape index (κ3) is 2.28. The van der Waals surface area contributed by atoms with Gasteiger partial charge in [0.2, 0.25) is 0 Å². The molecule has 0 saturated carbocycles. The number of nitrogens with zero attached hydrogens (tertiary/aromatic N) is 3. The molecule has 0 aliphatic heterocycles. The molecule has 78 valence electrons. The lowest BCUT2D eigenvalue weighted by atomic mass is 10.7. The molecular weight excluding hydrogens is 206 g/mol. The number of rotatable bonds is 4. The minimum absolute atomic E-state index is 0.0908. The molecule has 1 aromatic heterocycles. The van der Waals surface area contributed by atoms with E-state index in [0.717, 1.165) is 0 Å². The van der Waals surface area contributed by atoms with Crippen molar-refractivity contribution in [2.75, 3.05) is 5.75 Å². The van der Waals surface area contributed by atoms with E-state index in [0.29, 0.717) is 17.5 Å². The first kappa shape index (κ1) is 10.6. The lowest BCUT2D eigenvalue weighted by Crippen LogP contribution is -2.18. The Balaban J connectivity index is 2.72. The molecule has 0 unspecified atom stereocenters. The molecular formula is C6H11N5O2S. The van der Waals surface area contributed by atoms with Crippen LogP contribution in [-0.2, 0) is 6.54 Å². The van der Waals surface area contributed by atoms with Crippen LogP contribution < -0.4 is 11.4 Å². The van der Waals surface area contributed by atoms with Crippen molar-refractivity contribution in [3.63, 3.8) is 0 Å². The Hall–Kier alpha value is -1.44. The molecule has 1 rings (SSSR count). The van der Waals surface area contributed by atoms with Crippen molar-refractivity contribution in [3.05, 3.63) is 10.5 Å². The highest BCUT2D eigenvalue weighted by atomic mass is 32.2. The van der Waals surface area contributed by atoms with Crippen molar-refractivity contribution in [1.29, 1.82) is 0 Å². The molecule has 0 amide bonds. The topological polar surface area (TPSA) is 109 Å². The largest absolute Gasteiger partial charge is 0.409 e. The fourth-order valence-corrected chi connectivity index (χ4v) is 1.67. The van der Waals surface area contributed by atoms with Crippen LogP contribution in [0.3, 0.4) is 0 Å². The summed E-state index contributed by atoms with van der Waals surface area (Å²) in [5.41, 5.74) is 5.02. The summed E-state index contributed by atoms with van der Waals surface area (Å²) in [5.74, 6) is 0.383. The zero-order valence-electron chi connectivity index (χ0n) is 7.60. The summed E-state index contributed by atoms with van der Waals surface area (Å²) >= 11 is 1.23. The Morgan fingerprint density at radius 2 is 2.57 bits per heavy atom. The van der Waals surface area contributed by atoms with E-state index in [1.165, 1.54) is 16.3 Å². The minimum Gasteiger partial charge on any atom is -0.409 e. The predicted octanol–water partition coefficient (Wildman–Crippen LogP) is -0.570. The van der Waals surface area contributed by atoms with Crippen molar-refractivity contribution < 1.29 is 5.21 Å². The van der Waals surface area contributed by atoms with Crippen LogP contribution in [0.5, 0.6) is 0 Å². The Bertz CT molecular complexity index is 382. The number of hydrogen-bond acceptors (Lipinski definition) is 5. The Kier molecular flexibility index (Phi) is 3.57. The Morgan fingerprint density at radius 1 is 1.86 bits per heavy atom. The van der Waals surface area contributed by atoms with E-state index in [4.69, 9.17) is 10.9 Å². The lowest BCUT2D eigenvalue weighted by Gasteiger charge is -2.00. The van der Waals surface area contributed by atoms with Gasteiger partial charge in [-0.3, -0.25) is 4.57 Å². The van der Waals surface area contributed by atoms with Crippen molar-refractivity contribution in [2.45, 2.75) is 18.6 Å². The van der Waals surface area contributed by atoms with Crippen LogP contribution in [0.25, 0.3) is 0 Å². The molecule has 0 fully saturated rings. The molecule has 7 nitrogen and oxygen atoms in total. The Labute approximate surface area is 84.0 Å². The molecule has 0 spiro atoms. The number of aromatic nitrogens is 3. The average Bonchev–Trinajstić information content (AvgIpc) is 2.55. The highest BCUT2D eigenvalue weighted by Gasteiger charge is 2.07. The smallest absolute Gasteiger partial charge is 0.343 e. The number of thioether (sulfide) groups is 1. The molecule has 0 atom stereocenters. The molecule has 0 aromatic carbocycles. The first-order valence-corrected chi connectivity index (χ1v) is 4.92. The van der Waals surface area contributed by atoms with E-state index in [1.54, 1.807) is 0 Å². The van der Waals surface area contributed by atoms with Crippen LogP contribution in [0.2, 0.25) is 0 Å². The zero-order valence-corrected chi connectivity index (χ0v) is 8.41. The maximum atomic E-state index is 11.1. The van der Waals surface area contributed by atoms with Gasteiger partial charge >= 0.3 is 5.69 Å². The molecule has 1 heterocycles. The van der Waals surface area contributed by atoms with Gasteiger partial charge in [-0.15, -0.1) is 5.10 Å². The molecule has 0 aliphatic carbocycles. The molecule has 14 heavy (non-hydrogen) atoms. The summed E-state index contributed by atoms with van der Waals surface area (Å²) in [5, 5.41) is 17.8. The van der Waals surface area contributed by atoms with Crippen LogP contribution in [0.4, 0.5) is 0 Å². The predicted molar refractivity (Wildman–Crippen MR) is 52.7 cm³/mol. The molecule has 8 heteroatoms. The van der Waals surface area contributed by atoms with Crippen molar-refractivity contribution in [3.8, 4) is 0 Å². The molecule has 4 N–H and O–H groups in total. The number of aromatic amines is 1.